The van der Waals surface area contributed by atoms with Crippen LogP contribution in [0.4, 0.5) is 0 Å². The third-order valence-corrected chi connectivity index (χ3v) is 3.23. The third-order valence-electron chi connectivity index (χ3n) is 3.23. The van der Waals surface area contributed by atoms with Gasteiger partial charge in [0, 0.05) is 5.56 Å². The SMILES string of the molecule is CCCC(Oc1ccccc1-c1ccccc1)C(=O)NN. The predicted octanol–water partition coefficient (Wildman–Crippen LogP) is 2.89. The Morgan fingerprint density at radius 3 is 2.48 bits per heavy atom. The minimum atomic E-state index is -0.579. The number of nitrogens with one attached hydrogen (secondary N) is 1. The van der Waals surface area contributed by atoms with Gasteiger partial charge in [-0.15, -0.1) is 0 Å². The smallest absolute Gasteiger partial charge is 0.274 e. The molecule has 0 spiro atoms. The molecule has 0 saturated carbocycles. The molecule has 0 heterocycles. The molecule has 2 rings (SSSR count). The van der Waals surface area contributed by atoms with Crippen molar-refractivity contribution in [3.05, 3.63) is 54.6 Å². The molecule has 0 fully saturated rings. The van der Waals surface area contributed by atoms with Gasteiger partial charge in [-0.05, 0) is 18.1 Å². The number of benzene rings is 2. The fourth-order valence-corrected chi connectivity index (χ4v) is 2.18. The van der Waals surface area contributed by atoms with Crippen molar-refractivity contribution < 1.29 is 9.53 Å². The van der Waals surface area contributed by atoms with Crippen LogP contribution in [-0.4, -0.2) is 12.0 Å². The van der Waals surface area contributed by atoms with E-state index in [0.29, 0.717) is 12.2 Å². The Bertz CT molecular complexity index is 584. The number of hydrazine groups is 1. The second-order valence-corrected chi connectivity index (χ2v) is 4.77. The molecule has 4 heteroatoms. The lowest BCUT2D eigenvalue weighted by Gasteiger charge is -2.19. The van der Waals surface area contributed by atoms with Crippen molar-refractivity contribution in [2.24, 2.45) is 5.84 Å². The van der Waals surface area contributed by atoms with Gasteiger partial charge in [-0.2, -0.15) is 0 Å². The van der Waals surface area contributed by atoms with Gasteiger partial charge in [-0.1, -0.05) is 61.9 Å². The number of carbonyl (C=O) groups excluding carboxylic acids is 1. The van der Waals surface area contributed by atoms with E-state index < -0.39 is 6.10 Å². The van der Waals surface area contributed by atoms with Crippen molar-refractivity contribution in [3.63, 3.8) is 0 Å². The highest BCUT2D eigenvalue weighted by Crippen LogP contribution is 2.30. The molecule has 1 amide bonds. The van der Waals surface area contributed by atoms with Gasteiger partial charge < -0.3 is 4.74 Å². The Kier molecular flexibility index (Phi) is 5.35. The molecular formula is C17H20N2O2. The molecule has 1 unspecified atom stereocenters. The summed E-state index contributed by atoms with van der Waals surface area (Å²) in [5, 5.41) is 0. The summed E-state index contributed by atoms with van der Waals surface area (Å²) in [5.74, 6) is 5.61. The van der Waals surface area contributed by atoms with Crippen LogP contribution in [0.5, 0.6) is 5.75 Å². The topological polar surface area (TPSA) is 64.3 Å². The van der Waals surface area contributed by atoms with Gasteiger partial charge >= 0.3 is 0 Å². The van der Waals surface area contributed by atoms with Crippen LogP contribution in [0.15, 0.2) is 54.6 Å². The van der Waals surface area contributed by atoms with Crippen LogP contribution in [0.1, 0.15) is 19.8 Å². The maximum absolute atomic E-state index is 11.8. The fourth-order valence-electron chi connectivity index (χ4n) is 2.18. The summed E-state index contributed by atoms with van der Waals surface area (Å²) in [7, 11) is 0. The largest absolute Gasteiger partial charge is 0.480 e. The van der Waals surface area contributed by atoms with E-state index >= 15 is 0 Å². The molecule has 21 heavy (non-hydrogen) atoms. The zero-order valence-corrected chi connectivity index (χ0v) is 12.1. The van der Waals surface area contributed by atoms with Crippen LogP contribution in [0, 0.1) is 0 Å². The number of hydrogen-bond donors (Lipinski definition) is 2. The standard InChI is InChI=1S/C17H20N2O2/c1-2-8-16(17(20)19-18)21-15-12-7-6-11-14(15)13-9-4-3-5-10-13/h3-7,9-12,16H,2,8,18H2,1H3,(H,19,20). The van der Waals surface area contributed by atoms with E-state index in [2.05, 4.69) is 5.43 Å². The number of hydrogen-bond acceptors (Lipinski definition) is 3. The molecule has 2 aromatic carbocycles. The van der Waals surface area contributed by atoms with Crippen LogP contribution in [0.25, 0.3) is 11.1 Å². The Morgan fingerprint density at radius 1 is 1.14 bits per heavy atom. The molecule has 2 aromatic rings. The van der Waals surface area contributed by atoms with Crippen LogP contribution in [0.3, 0.4) is 0 Å². The van der Waals surface area contributed by atoms with Gasteiger partial charge in [0.25, 0.3) is 5.91 Å². The Balaban J connectivity index is 2.29. The lowest BCUT2D eigenvalue weighted by molar-refractivity contribution is -0.128. The van der Waals surface area contributed by atoms with E-state index in [1.54, 1.807) is 0 Å². The van der Waals surface area contributed by atoms with Crippen molar-refractivity contribution in [2.45, 2.75) is 25.9 Å². The van der Waals surface area contributed by atoms with Crippen molar-refractivity contribution in [3.8, 4) is 16.9 Å². The molecule has 1 atom stereocenters. The van der Waals surface area contributed by atoms with E-state index in [4.69, 9.17) is 10.6 Å². The first-order valence-electron chi connectivity index (χ1n) is 7.07. The molecule has 0 aliphatic heterocycles. The molecule has 0 aliphatic rings. The number of carbonyl (C=O) groups is 1. The molecule has 110 valence electrons. The van der Waals surface area contributed by atoms with E-state index in [1.165, 1.54) is 0 Å². The molecule has 0 aromatic heterocycles. The Hall–Kier alpha value is -2.33. The van der Waals surface area contributed by atoms with Crippen molar-refractivity contribution in [1.29, 1.82) is 0 Å². The molecular weight excluding hydrogens is 264 g/mol. The monoisotopic (exact) mass is 284 g/mol. The lowest BCUT2D eigenvalue weighted by Crippen LogP contribution is -2.42. The summed E-state index contributed by atoms with van der Waals surface area (Å²) in [5.41, 5.74) is 4.18. The molecule has 0 aliphatic carbocycles. The summed E-state index contributed by atoms with van der Waals surface area (Å²) < 4.78 is 5.90. The summed E-state index contributed by atoms with van der Waals surface area (Å²) in [6.07, 6.45) is 0.877. The molecule has 0 bridgehead atoms. The number of amides is 1. The zero-order valence-electron chi connectivity index (χ0n) is 12.1. The van der Waals surface area contributed by atoms with Gasteiger partial charge in [0.1, 0.15) is 5.75 Å². The first kappa shape index (κ1) is 15.1. The van der Waals surface area contributed by atoms with E-state index in [0.717, 1.165) is 17.5 Å². The fraction of sp³-hybridized carbons (Fsp3) is 0.235. The summed E-state index contributed by atoms with van der Waals surface area (Å²) in [6.45, 7) is 2.00. The minimum absolute atomic E-state index is 0.306. The second-order valence-electron chi connectivity index (χ2n) is 4.77. The highest BCUT2D eigenvalue weighted by molar-refractivity contribution is 5.81. The van der Waals surface area contributed by atoms with Crippen molar-refractivity contribution in [2.75, 3.05) is 0 Å². The van der Waals surface area contributed by atoms with E-state index in [-0.39, 0.29) is 5.91 Å². The summed E-state index contributed by atoms with van der Waals surface area (Å²) >= 11 is 0. The predicted molar refractivity (Wildman–Crippen MR) is 83.5 cm³/mol. The van der Waals surface area contributed by atoms with Crippen LogP contribution in [0.2, 0.25) is 0 Å². The van der Waals surface area contributed by atoms with Crippen LogP contribution >= 0.6 is 0 Å². The van der Waals surface area contributed by atoms with Gasteiger partial charge in [0.15, 0.2) is 6.10 Å². The van der Waals surface area contributed by atoms with Crippen molar-refractivity contribution >= 4 is 5.91 Å². The van der Waals surface area contributed by atoms with Crippen molar-refractivity contribution in [1.82, 2.24) is 5.43 Å². The van der Waals surface area contributed by atoms with Gasteiger partial charge in [0.05, 0.1) is 0 Å². The van der Waals surface area contributed by atoms with Crippen LogP contribution in [-0.2, 0) is 4.79 Å². The maximum atomic E-state index is 11.8. The average molecular weight is 284 g/mol. The number of ether oxygens (including phenoxy) is 1. The third kappa shape index (κ3) is 3.83. The second kappa shape index (κ2) is 7.45. The lowest BCUT2D eigenvalue weighted by atomic mass is 10.0. The Morgan fingerprint density at radius 2 is 1.81 bits per heavy atom. The van der Waals surface area contributed by atoms with Gasteiger partial charge in [0.2, 0.25) is 0 Å². The highest BCUT2D eigenvalue weighted by atomic mass is 16.5. The normalized spacial score (nSPS) is 11.7. The highest BCUT2D eigenvalue weighted by Gasteiger charge is 2.19. The average Bonchev–Trinajstić information content (AvgIpc) is 2.55. The quantitative estimate of drug-likeness (QED) is 0.487. The Labute approximate surface area is 124 Å². The summed E-state index contributed by atoms with van der Waals surface area (Å²) in [4.78, 5) is 11.8. The zero-order chi connectivity index (χ0) is 15.1. The first-order valence-corrected chi connectivity index (χ1v) is 7.07. The number of nitrogens with two attached hydrogens (primary N) is 1. The molecule has 3 N–H and O–H groups in total. The van der Waals surface area contributed by atoms with E-state index in [1.807, 2.05) is 61.5 Å². The minimum Gasteiger partial charge on any atom is -0.480 e. The summed E-state index contributed by atoms with van der Waals surface area (Å²) in [6, 6.07) is 17.6. The van der Waals surface area contributed by atoms with Crippen LogP contribution < -0.4 is 16.0 Å². The van der Waals surface area contributed by atoms with E-state index in [9.17, 15) is 4.79 Å². The van der Waals surface area contributed by atoms with Gasteiger partial charge in [-0.3, -0.25) is 10.2 Å². The molecule has 0 radical (unpaired) electrons. The number of para-hydroxylation sites is 1. The maximum Gasteiger partial charge on any atom is 0.274 e. The van der Waals surface area contributed by atoms with Gasteiger partial charge in [-0.25, -0.2) is 5.84 Å². The molecule has 4 nitrogen and oxygen atoms in total. The molecule has 0 saturated heterocycles. The first-order chi connectivity index (χ1) is 10.3. The number of rotatable bonds is 6.